The maximum absolute atomic E-state index is 13.5. The molecule has 2 aromatic carbocycles. The maximum atomic E-state index is 13.5. The minimum absolute atomic E-state index is 0.00621. The van der Waals surface area contributed by atoms with Gasteiger partial charge in [0.1, 0.15) is 0 Å². The summed E-state index contributed by atoms with van der Waals surface area (Å²) in [4.78, 5) is 24.6. The Morgan fingerprint density at radius 3 is 2.39 bits per heavy atom. The van der Waals surface area contributed by atoms with Crippen molar-refractivity contribution < 1.29 is 8.42 Å². The van der Waals surface area contributed by atoms with Gasteiger partial charge in [-0.3, -0.25) is 9.69 Å². The Balaban J connectivity index is 1.33. The zero-order chi connectivity index (χ0) is 26.6. The number of H-pyrrole nitrogens is 1. The van der Waals surface area contributed by atoms with Gasteiger partial charge in [-0.2, -0.15) is 4.98 Å². The molecular weight excluding hydrogens is 502 g/mol. The number of aromatic nitrogens is 4. The zero-order valence-electron chi connectivity index (χ0n) is 22.0. The van der Waals surface area contributed by atoms with E-state index in [0.29, 0.717) is 22.5 Å². The van der Waals surface area contributed by atoms with Crippen molar-refractivity contribution in [3.05, 3.63) is 57.9 Å². The standard InChI is InChI=1S/C27H33N7O3S/c1-18-4-7-24(19(2)16-18)38(36,37)27-25-28-26(35)22-6-5-21(17-23(22)34(25)30-29-27)33-14-12-32(13-15-33)20-8-10-31(3)11-9-20/h4-7,16-17,20,30H,8-15H2,1-3H3. The van der Waals surface area contributed by atoms with E-state index in [-0.39, 0.29) is 15.6 Å². The van der Waals surface area contributed by atoms with Crippen molar-refractivity contribution in [2.75, 3.05) is 51.2 Å². The third-order valence-corrected chi connectivity index (χ3v) is 9.89. The summed E-state index contributed by atoms with van der Waals surface area (Å²) in [6.45, 7) is 9.77. The number of piperidine rings is 1. The van der Waals surface area contributed by atoms with Crippen LogP contribution in [-0.4, -0.2) is 90.4 Å². The predicted molar refractivity (Wildman–Crippen MR) is 147 cm³/mol. The summed E-state index contributed by atoms with van der Waals surface area (Å²) in [6, 6.07) is 11.5. The van der Waals surface area contributed by atoms with Gasteiger partial charge >= 0.3 is 0 Å². The summed E-state index contributed by atoms with van der Waals surface area (Å²) in [6.07, 6.45) is 2.43. The molecule has 0 amide bonds. The van der Waals surface area contributed by atoms with E-state index < -0.39 is 15.4 Å². The number of aromatic amines is 1. The van der Waals surface area contributed by atoms with Crippen LogP contribution in [-0.2, 0) is 9.84 Å². The van der Waals surface area contributed by atoms with Crippen LogP contribution in [0.1, 0.15) is 24.0 Å². The third kappa shape index (κ3) is 4.28. The van der Waals surface area contributed by atoms with Crippen LogP contribution in [0.25, 0.3) is 16.6 Å². The summed E-state index contributed by atoms with van der Waals surface area (Å²) < 4.78 is 28.6. The molecule has 2 aromatic heterocycles. The fourth-order valence-electron chi connectivity index (χ4n) is 5.88. The molecule has 38 heavy (non-hydrogen) atoms. The molecule has 2 fully saturated rings. The molecule has 11 heteroatoms. The van der Waals surface area contributed by atoms with Crippen LogP contribution in [0.2, 0.25) is 0 Å². The van der Waals surface area contributed by atoms with Gasteiger partial charge in [-0.05, 0) is 76.7 Å². The number of rotatable bonds is 4. The van der Waals surface area contributed by atoms with E-state index in [4.69, 9.17) is 0 Å². The molecule has 6 rings (SSSR count). The molecule has 0 saturated carbocycles. The highest BCUT2D eigenvalue weighted by Gasteiger charge is 2.29. The number of likely N-dealkylation sites (tertiary alicyclic amines) is 1. The van der Waals surface area contributed by atoms with Crippen molar-refractivity contribution in [3.63, 3.8) is 0 Å². The van der Waals surface area contributed by atoms with E-state index in [1.165, 1.54) is 17.4 Å². The predicted octanol–water partition coefficient (Wildman–Crippen LogP) is 2.24. The first-order chi connectivity index (χ1) is 18.2. The lowest BCUT2D eigenvalue weighted by molar-refractivity contribution is 0.115. The average molecular weight is 536 g/mol. The summed E-state index contributed by atoms with van der Waals surface area (Å²) in [5, 5.41) is 7.10. The minimum Gasteiger partial charge on any atom is -0.369 e. The molecule has 4 aromatic rings. The van der Waals surface area contributed by atoms with Crippen molar-refractivity contribution in [1.82, 2.24) is 29.6 Å². The molecule has 0 radical (unpaired) electrons. The Labute approximate surface area is 221 Å². The van der Waals surface area contributed by atoms with Crippen LogP contribution in [0.4, 0.5) is 5.69 Å². The summed E-state index contributed by atoms with van der Waals surface area (Å²) in [7, 11) is -1.80. The molecule has 2 aliphatic heterocycles. The highest BCUT2D eigenvalue weighted by molar-refractivity contribution is 7.91. The monoisotopic (exact) mass is 535 g/mol. The van der Waals surface area contributed by atoms with Crippen molar-refractivity contribution in [2.45, 2.75) is 42.7 Å². The van der Waals surface area contributed by atoms with Gasteiger partial charge < -0.3 is 9.80 Å². The Kier molecular flexibility index (Phi) is 6.24. The van der Waals surface area contributed by atoms with Crippen molar-refractivity contribution >= 4 is 32.1 Å². The topological polar surface area (TPSA) is 107 Å². The van der Waals surface area contributed by atoms with Crippen molar-refractivity contribution in [1.29, 1.82) is 0 Å². The largest absolute Gasteiger partial charge is 0.369 e. The number of nitrogens with one attached hydrogen (secondary N) is 1. The quantitative estimate of drug-likeness (QED) is 0.424. The van der Waals surface area contributed by atoms with Gasteiger partial charge in [-0.1, -0.05) is 17.7 Å². The normalized spacial score (nSPS) is 18.6. The second-order valence-electron chi connectivity index (χ2n) is 10.6. The number of piperazine rings is 1. The average Bonchev–Trinajstić information content (AvgIpc) is 3.34. The Hall–Kier alpha value is -3.28. The second-order valence-corrected chi connectivity index (χ2v) is 12.5. The Bertz CT molecular complexity index is 1680. The van der Waals surface area contributed by atoms with Gasteiger partial charge in [0, 0.05) is 37.9 Å². The third-order valence-electron chi connectivity index (χ3n) is 8.07. The SMILES string of the molecule is Cc1ccc(S(=O)(=O)c2n[nH]n3c2nc(=O)c2ccc(N4CCN(C5CCN(C)CC5)CC4)cc23)c(C)c1. The fourth-order valence-corrected chi connectivity index (χ4v) is 7.36. The van der Waals surface area contributed by atoms with Crippen LogP contribution in [0.3, 0.4) is 0 Å². The van der Waals surface area contributed by atoms with E-state index >= 15 is 0 Å². The minimum atomic E-state index is -3.99. The molecule has 200 valence electrons. The van der Waals surface area contributed by atoms with E-state index in [1.54, 1.807) is 25.1 Å². The lowest BCUT2D eigenvalue weighted by Gasteiger charge is -2.42. The van der Waals surface area contributed by atoms with Gasteiger partial charge in [-0.25, -0.2) is 18.1 Å². The van der Waals surface area contributed by atoms with Gasteiger partial charge in [-0.15, -0.1) is 5.10 Å². The lowest BCUT2D eigenvalue weighted by Crippen LogP contribution is -2.53. The zero-order valence-corrected chi connectivity index (χ0v) is 22.8. The molecule has 1 N–H and O–H groups in total. The first-order valence-corrected chi connectivity index (χ1v) is 14.6. The number of sulfone groups is 1. The molecule has 4 heterocycles. The van der Waals surface area contributed by atoms with Crippen LogP contribution in [0, 0.1) is 13.8 Å². The van der Waals surface area contributed by atoms with Crippen LogP contribution >= 0.6 is 0 Å². The molecule has 0 spiro atoms. The molecular formula is C27H33N7O3S. The van der Waals surface area contributed by atoms with Crippen LogP contribution in [0.15, 0.2) is 51.1 Å². The van der Waals surface area contributed by atoms with E-state index in [0.717, 1.165) is 50.5 Å². The van der Waals surface area contributed by atoms with Gasteiger partial charge in [0.15, 0.2) is 5.65 Å². The molecule has 0 atom stereocenters. The molecule has 10 nitrogen and oxygen atoms in total. The highest BCUT2D eigenvalue weighted by atomic mass is 32.2. The molecule has 2 saturated heterocycles. The fraction of sp³-hybridized carbons (Fsp3) is 0.444. The van der Waals surface area contributed by atoms with Gasteiger partial charge in [0.05, 0.1) is 15.8 Å². The van der Waals surface area contributed by atoms with Crippen molar-refractivity contribution in [2.24, 2.45) is 0 Å². The molecule has 0 bridgehead atoms. The Morgan fingerprint density at radius 2 is 1.68 bits per heavy atom. The number of fused-ring (bicyclic) bond motifs is 3. The Morgan fingerprint density at radius 1 is 0.947 bits per heavy atom. The van der Waals surface area contributed by atoms with Gasteiger partial charge in [0.25, 0.3) is 5.56 Å². The van der Waals surface area contributed by atoms with Crippen molar-refractivity contribution in [3.8, 4) is 0 Å². The summed E-state index contributed by atoms with van der Waals surface area (Å²) in [5.74, 6) is 0. The van der Waals surface area contributed by atoms with E-state index in [9.17, 15) is 13.2 Å². The number of nitrogens with zero attached hydrogens (tertiary/aromatic N) is 6. The van der Waals surface area contributed by atoms with Crippen LogP contribution in [0.5, 0.6) is 0 Å². The molecule has 0 aliphatic carbocycles. The smallest absolute Gasteiger partial charge is 0.281 e. The van der Waals surface area contributed by atoms with E-state index in [2.05, 4.69) is 37.0 Å². The van der Waals surface area contributed by atoms with E-state index in [1.807, 2.05) is 25.1 Å². The summed E-state index contributed by atoms with van der Waals surface area (Å²) in [5.41, 5.74) is 2.67. The number of hydrogen-bond donors (Lipinski definition) is 1. The lowest BCUT2D eigenvalue weighted by atomic mass is 10.0. The molecule has 2 aliphatic rings. The first kappa shape index (κ1) is 25.0. The number of aryl methyl sites for hydroxylation is 2. The number of anilines is 1. The summed E-state index contributed by atoms with van der Waals surface area (Å²) >= 11 is 0. The van der Waals surface area contributed by atoms with Gasteiger partial charge in [0.2, 0.25) is 14.9 Å². The van der Waals surface area contributed by atoms with Crippen LogP contribution < -0.4 is 10.5 Å². The first-order valence-electron chi connectivity index (χ1n) is 13.1. The highest BCUT2D eigenvalue weighted by Crippen LogP contribution is 2.28. The number of hydrogen-bond acceptors (Lipinski definition) is 8. The second kappa shape index (κ2) is 9.48. The molecule has 0 unspecified atom stereocenters. The maximum Gasteiger partial charge on any atom is 0.281 e. The number of benzene rings is 2.